The van der Waals surface area contributed by atoms with Crippen molar-refractivity contribution in [2.45, 2.75) is 19.4 Å². The van der Waals surface area contributed by atoms with Gasteiger partial charge >= 0.3 is 0 Å². The number of nitrogens with one attached hydrogen (secondary N) is 1. The van der Waals surface area contributed by atoms with Crippen LogP contribution in [-0.2, 0) is 6.42 Å². The Hall–Kier alpha value is -2.14. The first-order valence-electron chi connectivity index (χ1n) is 6.52. The zero-order valence-electron chi connectivity index (χ0n) is 11.7. The Morgan fingerprint density at radius 2 is 2.00 bits per heavy atom. The smallest absolute Gasteiger partial charge is 0.218 e. The van der Waals surface area contributed by atoms with Gasteiger partial charge in [-0.05, 0) is 18.9 Å². The van der Waals surface area contributed by atoms with Gasteiger partial charge in [-0.2, -0.15) is 4.98 Å². The van der Waals surface area contributed by atoms with Crippen molar-refractivity contribution in [2.24, 2.45) is 0 Å². The lowest BCUT2D eigenvalue weighted by Gasteiger charge is -2.17. The molecule has 1 unspecified atom stereocenters. The summed E-state index contributed by atoms with van der Waals surface area (Å²) in [7, 11) is 1.57. The standard InChI is InChI=1S/C15H19N3O2/c1-11-16-14(9-15(17-11)20-2)18-13(10-19)8-12-6-4-3-5-7-12/h3-7,9,13,19H,8,10H2,1-2H3,(H,16,17,18). The number of aryl methyl sites for hydroxylation is 1. The van der Waals surface area contributed by atoms with E-state index in [0.29, 0.717) is 17.5 Å². The highest BCUT2D eigenvalue weighted by Gasteiger charge is 2.10. The molecule has 20 heavy (non-hydrogen) atoms. The molecule has 5 heteroatoms. The van der Waals surface area contributed by atoms with Crippen molar-refractivity contribution in [1.29, 1.82) is 0 Å². The maximum atomic E-state index is 9.51. The van der Waals surface area contributed by atoms with Gasteiger partial charge in [-0.3, -0.25) is 0 Å². The quantitative estimate of drug-likeness (QED) is 0.840. The number of aliphatic hydroxyl groups excluding tert-OH is 1. The molecule has 0 fully saturated rings. The number of aromatic nitrogens is 2. The van der Waals surface area contributed by atoms with E-state index in [0.717, 1.165) is 12.0 Å². The number of hydrogen-bond donors (Lipinski definition) is 2. The van der Waals surface area contributed by atoms with E-state index in [1.165, 1.54) is 0 Å². The SMILES string of the molecule is COc1cc(NC(CO)Cc2ccccc2)nc(C)n1. The van der Waals surface area contributed by atoms with E-state index in [9.17, 15) is 5.11 Å². The lowest BCUT2D eigenvalue weighted by Crippen LogP contribution is -2.27. The zero-order valence-corrected chi connectivity index (χ0v) is 11.7. The number of methoxy groups -OCH3 is 1. The molecular weight excluding hydrogens is 254 g/mol. The molecule has 2 N–H and O–H groups in total. The van der Waals surface area contributed by atoms with Crippen molar-refractivity contribution in [3.8, 4) is 5.88 Å². The topological polar surface area (TPSA) is 67.3 Å². The van der Waals surface area contributed by atoms with Crippen LogP contribution in [0.5, 0.6) is 5.88 Å². The fourth-order valence-electron chi connectivity index (χ4n) is 1.99. The van der Waals surface area contributed by atoms with Gasteiger partial charge in [0.2, 0.25) is 5.88 Å². The number of ether oxygens (including phenoxy) is 1. The van der Waals surface area contributed by atoms with Gasteiger partial charge in [0.1, 0.15) is 11.6 Å². The second-order valence-corrected chi connectivity index (χ2v) is 4.56. The van der Waals surface area contributed by atoms with Crippen LogP contribution in [0.1, 0.15) is 11.4 Å². The number of rotatable bonds is 6. The molecule has 0 aliphatic carbocycles. The predicted octanol–water partition coefficient (Wildman–Crippen LogP) is 1.81. The number of nitrogens with zero attached hydrogens (tertiary/aromatic N) is 2. The van der Waals surface area contributed by atoms with Crippen LogP contribution in [0.2, 0.25) is 0 Å². The van der Waals surface area contributed by atoms with Crippen LogP contribution in [0, 0.1) is 6.92 Å². The molecule has 0 aliphatic heterocycles. The van der Waals surface area contributed by atoms with Crippen molar-refractivity contribution >= 4 is 5.82 Å². The summed E-state index contributed by atoms with van der Waals surface area (Å²) >= 11 is 0. The molecule has 1 atom stereocenters. The van der Waals surface area contributed by atoms with Crippen LogP contribution >= 0.6 is 0 Å². The molecule has 1 heterocycles. The maximum Gasteiger partial charge on any atom is 0.218 e. The summed E-state index contributed by atoms with van der Waals surface area (Å²) in [6, 6.07) is 11.6. The Kier molecular flexibility index (Phi) is 4.90. The summed E-state index contributed by atoms with van der Waals surface area (Å²) in [5, 5.41) is 12.7. The van der Waals surface area contributed by atoms with E-state index >= 15 is 0 Å². The van der Waals surface area contributed by atoms with Crippen LogP contribution in [0.4, 0.5) is 5.82 Å². The van der Waals surface area contributed by atoms with Gasteiger partial charge < -0.3 is 15.2 Å². The third-order valence-electron chi connectivity index (χ3n) is 2.92. The van der Waals surface area contributed by atoms with E-state index in [1.54, 1.807) is 20.1 Å². The Morgan fingerprint density at radius 1 is 1.25 bits per heavy atom. The van der Waals surface area contributed by atoms with E-state index in [2.05, 4.69) is 15.3 Å². The molecule has 1 aromatic carbocycles. The van der Waals surface area contributed by atoms with Crippen LogP contribution < -0.4 is 10.1 Å². The van der Waals surface area contributed by atoms with Crippen LogP contribution in [-0.4, -0.2) is 34.8 Å². The van der Waals surface area contributed by atoms with Crippen molar-refractivity contribution in [2.75, 3.05) is 19.0 Å². The molecule has 0 bridgehead atoms. The molecule has 2 aromatic rings. The fourth-order valence-corrected chi connectivity index (χ4v) is 1.99. The highest BCUT2D eigenvalue weighted by molar-refractivity contribution is 5.40. The molecule has 2 rings (SSSR count). The highest BCUT2D eigenvalue weighted by atomic mass is 16.5. The maximum absolute atomic E-state index is 9.51. The van der Waals surface area contributed by atoms with Crippen LogP contribution in [0.3, 0.4) is 0 Å². The second-order valence-electron chi connectivity index (χ2n) is 4.56. The largest absolute Gasteiger partial charge is 0.481 e. The van der Waals surface area contributed by atoms with Gasteiger partial charge in [0.05, 0.1) is 19.8 Å². The summed E-state index contributed by atoms with van der Waals surface area (Å²) in [6.45, 7) is 1.83. The lowest BCUT2D eigenvalue weighted by atomic mass is 10.1. The second kappa shape index (κ2) is 6.86. The highest BCUT2D eigenvalue weighted by Crippen LogP contribution is 2.15. The summed E-state index contributed by atoms with van der Waals surface area (Å²) in [5.41, 5.74) is 1.16. The van der Waals surface area contributed by atoms with Crippen molar-refractivity contribution in [3.05, 3.63) is 47.8 Å². The lowest BCUT2D eigenvalue weighted by molar-refractivity contribution is 0.273. The predicted molar refractivity (Wildman–Crippen MR) is 78.0 cm³/mol. The van der Waals surface area contributed by atoms with Gasteiger partial charge in [0.25, 0.3) is 0 Å². The van der Waals surface area contributed by atoms with Gasteiger partial charge in [-0.15, -0.1) is 0 Å². The van der Waals surface area contributed by atoms with Gasteiger partial charge in [0, 0.05) is 6.07 Å². The molecule has 106 valence electrons. The molecule has 0 spiro atoms. The van der Waals surface area contributed by atoms with Crippen molar-refractivity contribution < 1.29 is 9.84 Å². The average Bonchev–Trinajstić information content (AvgIpc) is 2.47. The molecule has 0 saturated heterocycles. The first-order valence-corrected chi connectivity index (χ1v) is 6.52. The number of benzene rings is 1. The molecule has 0 aliphatic rings. The number of anilines is 1. The number of hydrogen-bond acceptors (Lipinski definition) is 5. The van der Waals surface area contributed by atoms with Gasteiger partial charge in [0.15, 0.2) is 0 Å². The Labute approximate surface area is 118 Å². The summed E-state index contributed by atoms with van der Waals surface area (Å²) in [5.74, 6) is 1.80. The summed E-state index contributed by atoms with van der Waals surface area (Å²) in [4.78, 5) is 8.43. The van der Waals surface area contributed by atoms with Crippen LogP contribution in [0.15, 0.2) is 36.4 Å². The summed E-state index contributed by atoms with van der Waals surface area (Å²) in [6.07, 6.45) is 0.725. The van der Waals surface area contributed by atoms with E-state index < -0.39 is 0 Å². The minimum absolute atomic E-state index is 0.0280. The molecule has 0 radical (unpaired) electrons. The minimum atomic E-state index is -0.101. The van der Waals surface area contributed by atoms with E-state index in [1.807, 2.05) is 30.3 Å². The van der Waals surface area contributed by atoms with E-state index in [4.69, 9.17) is 4.74 Å². The Morgan fingerprint density at radius 3 is 2.65 bits per heavy atom. The van der Waals surface area contributed by atoms with Gasteiger partial charge in [-0.25, -0.2) is 4.98 Å². The van der Waals surface area contributed by atoms with Gasteiger partial charge in [-0.1, -0.05) is 30.3 Å². The molecular formula is C15H19N3O2. The Bertz CT molecular complexity index is 546. The zero-order chi connectivity index (χ0) is 14.4. The number of aliphatic hydroxyl groups is 1. The summed E-state index contributed by atoms with van der Waals surface area (Å²) < 4.78 is 5.12. The Balaban J connectivity index is 2.08. The molecule has 5 nitrogen and oxygen atoms in total. The monoisotopic (exact) mass is 273 g/mol. The molecule has 0 amide bonds. The van der Waals surface area contributed by atoms with Crippen molar-refractivity contribution in [3.63, 3.8) is 0 Å². The first kappa shape index (κ1) is 14.3. The van der Waals surface area contributed by atoms with Crippen molar-refractivity contribution in [1.82, 2.24) is 9.97 Å². The normalized spacial score (nSPS) is 11.9. The average molecular weight is 273 g/mol. The minimum Gasteiger partial charge on any atom is -0.481 e. The fraction of sp³-hybridized carbons (Fsp3) is 0.333. The third-order valence-corrected chi connectivity index (χ3v) is 2.92. The molecule has 1 aromatic heterocycles. The third kappa shape index (κ3) is 3.93. The van der Waals surface area contributed by atoms with Crippen LogP contribution in [0.25, 0.3) is 0 Å². The molecule has 0 saturated carbocycles. The van der Waals surface area contributed by atoms with E-state index in [-0.39, 0.29) is 12.6 Å². The first-order chi connectivity index (χ1) is 9.71.